The van der Waals surface area contributed by atoms with E-state index in [4.69, 9.17) is 0 Å². The fraction of sp³-hybridized carbons (Fsp3) is 1.00. The van der Waals surface area contributed by atoms with Crippen molar-refractivity contribution < 1.29 is 5.11 Å². The summed E-state index contributed by atoms with van der Waals surface area (Å²) in [5.74, 6) is 2.44. The molecular formula is C9H19NOS. The minimum Gasteiger partial charge on any atom is -0.389 e. The molecule has 1 fully saturated rings. The van der Waals surface area contributed by atoms with Gasteiger partial charge < -0.3 is 5.11 Å². The molecule has 0 aliphatic carbocycles. The van der Waals surface area contributed by atoms with Crippen LogP contribution in [-0.2, 0) is 0 Å². The summed E-state index contributed by atoms with van der Waals surface area (Å²) < 4.78 is 0. The normalized spacial score (nSPS) is 25.2. The molecular weight excluding hydrogens is 170 g/mol. The molecule has 2 nitrogen and oxygen atoms in total. The number of thioether (sulfide) groups is 1. The van der Waals surface area contributed by atoms with Gasteiger partial charge >= 0.3 is 0 Å². The molecule has 1 heterocycles. The zero-order chi connectivity index (χ0) is 9.03. The number of rotatable bonds is 3. The average molecular weight is 189 g/mol. The van der Waals surface area contributed by atoms with E-state index >= 15 is 0 Å². The van der Waals surface area contributed by atoms with E-state index in [0.717, 1.165) is 26.1 Å². The molecule has 0 spiro atoms. The summed E-state index contributed by atoms with van der Waals surface area (Å²) in [5, 5.41) is 9.83. The first-order valence-corrected chi connectivity index (χ1v) is 5.82. The van der Waals surface area contributed by atoms with Crippen molar-refractivity contribution in [2.24, 2.45) is 0 Å². The lowest BCUT2D eigenvalue weighted by Crippen LogP contribution is -2.44. The van der Waals surface area contributed by atoms with Crippen LogP contribution in [0.1, 0.15) is 20.3 Å². The fourth-order valence-electron chi connectivity index (χ4n) is 1.35. The van der Waals surface area contributed by atoms with Crippen LogP contribution < -0.4 is 0 Å². The van der Waals surface area contributed by atoms with Crippen molar-refractivity contribution in [2.75, 3.05) is 31.1 Å². The van der Waals surface area contributed by atoms with Crippen LogP contribution in [0.15, 0.2) is 0 Å². The van der Waals surface area contributed by atoms with Crippen LogP contribution in [0.25, 0.3) is 0 Å². The summed E-state index contributed by atoms with van der Waals surface area (Å²) in [5.41, 5.74) is -0.484. The average Bonchev–Trinajstić information content (AvgIpc) is 2.06. The largest absolute Gasteiger partial charge is 0.389 e. The highest BCUT2D eigenvalue weighted by Crippen LogP contribution is 2.15. The minimum atomic E-state index is -0.484. The van der Waals surface area contributed by atoms with Gasteiger partial charge in [-0.05, 0) is 13.3 Å². The van der Waals surface area contributed by atoms with E-state index in [1.54, 1.807) is 0 Å². The Morgan fingerprint density at radius 2 is 2.00 bits per heavy atom. The molecule has 0 aromatic rings. The lowest BCUT2D eigenvalue weighted by atomic mass is 10.0. The topological polar surface area (TPSA) is 23.5 Å². The molecule has 12 heavy (non-hydrogen) atoms. The highest BCUT2D eigenvalue weighted by molar-refractivity contribution is 7.99. The molecule has 0 amide bonds. The minimum absolute atomic E-state index is 0.484. The predicted octanol–water partition coefficient (Wildman–Crippen LogP) is 1.20. The Labute approximate surface area is 79.3 Å². The molecule has 1 N–H and O–H groups in total. The van der Waals surface area contributed by atoms with Gasteiger partial charge in [0.25, 0.3) is 0 Å². The van der Waals surface area contributed by atoms with Crippen molar-refractivity contribution in [3.05, 3.63) is 0 Å². The lowest BCUT2D eigenvalue weighted by molar-refractivity contribution is 0.0192. The molecule has 0 aromatic carbocycles. The monoisotopic (exact) mass is 189 g/mol. The van der Waals surface area contributed by atoms with E-state index < -0.39 is 5.60 Å². The second-order valence-electron chi connectivity index (χ2n) is 3.74. The van der Waals surface area contributed by atoms with Gasteiger partial charge in [-0.25, -0.2) is 0 Å². The third-order valence-electron chi connectivity index (χ3n) is 2.43. The van der Waals surface area contributed by atoms with Gasteiger partial charge in [0, 0.05) is 31.1 Å². The van der Waals surface area contributed by atoms with E-state index in [1.807, 2.05) is 25.6 Å². The Morgan fingerprint density at radius 1 is 1.42 bits per heavy atom. The number of hydrogen-bond acceptors (Lipinski definition) is 3. The van der Waals surface area contributed by atoms with Crippen LogP contribution in [-0.4, -0.2) is 46.7 Å². The first-order chi connectivity index (χ1) is 5.64. The van der Waals surface area contributed by atoms with E-state index in [-0.39, 0.29) is 0 Å². The molecule has 1 unspecified atom stereocenters. The van der Waals surface area contributed by atoms with Gasteiger partial charge in [-0.3, -0.25) is 4.90 Å². The van der Waals surface area contributed by atoms with E-state index in [2.05, 4.69) is 4.90 Å². The molecule has 0 saturated carbocycles. The molecule has 1 rings (SSSR count). The van der Waals surface area contributed by atoms with Crippen molar-refractivity contribution in [1.29, 1.82) is 0 Å². The Kier molecular flexibility index (Phi) is 3.87. The summed E-state index contributed by atoms with van der Waals surface area (Å²) in [6, 6.07) is 0. The maximum Gasteiger partial charge on any atom is 0.0743 e. The molecule has 1 atom stereocenters. The van der Waals surface area contributed by atoms with Crippen molar-refractivity contribution >= 4 is 11.8 Å². The van der Waals surface area contributed by atoms with Gasteiger partial charge in [0.2, 0.25) is 0 Å². The molecule has 3 heteroatoms. The lowest BCUT2D eigenvalue weighted by Gasteiger charge is -2.33. The van der Waals surface area contributed by atoms with Crippen LogP contribution >= 0.6 is 11.8 Å². The third kappa shape index (κ3) is 3.33. The molecule has 0 aromatic heterocycles. The maximum atomic E-state index is 9.83. The van der Waals surface area contributed by atoms with Gasteiger partial charge in [-0.1, -0.05) is 6.92 Å². The van der Waals surface area contributed by atoms with E-state index in [0.29, 0.717) is 0 Å². The van der Waals surface area contributed by atoms with Gasteiger partial charge in [-0.2, -0.15) is 11.8 Å². The molecule has 1 saturated heterocycles. The van der Waals surface area contributed by atoms with Gasteiger partial charge in [0.05, 0.1) is 5.60 Å². The summed E-state index contributed by atoms with van der Waals surface area (Å²) in [4.78, 5) is 2.36. The Hall–Kier alpha value is 0.270. The number of β-amino-alcohol motifs (C(OH)–C–C–N with tert-alkyl or cyclic N) is 1. The Bertz CT molecular complexity index is 132. The smallest absolute Gasteiger partial charge is 0.0743 e. The summed E-state index contributed by atoms with van der Waals surface area (Å²) in [7, 11) is 0. The summed E-state index contributed by atoms with van der Waals surface area (Å²) in [6.45, 7) is 7.08. The van der Waals surface area contributed by atoms with E-state index in [9.17, 15) is 5.11 Å². The molecule has 72 valence electrons. The van der Waals surface area contributed by atoms with E-state index in [1.165, 1.54) is 11.5 Å². The number of hydrogen-bond donors (Lipinski definition) is 1. The summed E-state index contributed by atoms with van der Waals surface area (Å²) >= 11 is 2.01. The molecule has 1 aliphatic rings. The summed E-state index contributed by atoms with van der Waals surface area (Å²) in [6.07, 6.45) is 0.844. The van der Waals surface area contributed by atoms with Gasteiger partial charge in [0.1, 0.15) is 0 Å². The number of nitrogens with zero attached hydrogens (tertiary/aromatic N) is 1. The van der Waals surface area contributed by atoms with Crippen molar-refractivity contribution in [2.45, 2.75) is 25.9 Å². The van der Waals surface area contributed by atoms with Crippen molar-refractivity contribution in [1.82, 2.24) is 4.90 Å². The molecule has 0 bridgehead atoms. The predicted molar refractivity (Wildman–Crippen MR) is 54.7 cm³/mol. The third-order valence-corrected chi connectivity index (χ3v) is 3.37. The Morgan fingerprint density at radius 3 is 2.50 bits per heavy atom. The van der Waals surface area contributed by atoms with Gasteiger partial charge in [-0.15, -0.1) is 0 Å². The zero-order valence-electron chi connectivity index (χ0n) is 8.05. The second-order valence-corrected chi connectivity index (χ2v) is 4.96. The maximum absolute atomic E-state index is 9.83. The quantitative estimate of drug-likeness (QED) is 0.721. The van der Waals surface area contributed by atoms with Crippen LogP contribution in [0, 0.1) is 0 Å². The van der Waals surface area contributed by atoms with Gasteiger partial charge in [0.15, 0.2) is 0 Å². The van der Waals surface area contributed by atoms with Crippen molar-refractivity contribution in [3.63, 3.8) is 0 Å². The first kappa shape index (κ1) is 10.4. The van der Waals surface area contributed by atoms with Crippen molar-refractivity contribution in [3.8, 4) is 0 Å². The molecule has 1 aliphatic heterocycles. The second kappa shape index (κ2) is 4.49. The standard InChI is InChI=1S/C9H19NOS/c1-3-9(2,11)8-10-4-6-12-7-5-10/h11H,3-8H2,1-2H3. The highest BCUT2D eigenvalue weighted by Gasteiger charge is 2.22. The first-order valence-electron chi connectivity index (χ1n) is 4.66. The number of aliphatic hydroxyl groups is 1. The Balaban J connectivity index is 2.28. The SMILES string of the molecule is CCC(C)(O)CN1CCSCC1. The van der Waals surface area contributed by atoms with Crippen LogP contribution in [0.5, 0.6) is 0 Å². The van der Waals surface area contributed by atoms with Crippen LogP contribution in [0.4, 0.5) is 0 Å². The fourth-order valence-corrected chi connectivity index (χ4v) is 2.33. The highest BCUT2D eigenvalue weighted by atomic mass is 32.2. The zero-order valence-corrected chi connectivity index (χ0v) is 8.86. The molecule has 0 radical (unpaired) electrons. The van der Waals surface area contributed by atoms with Crippen LogP contribution in [0.2, 0.25) is 0 Å². The van der Waals surface area contributed by atoms with Crippen LogP contribution in [0.3, 0.4) is 0 Å².